The first-order valence-corrected chi connectivity index (χ1v) is 11.2. The Hall–Kier alpha value is -4.26. The molecule has 1 aliphatic rings. The number of aryl methyl sites for hydroxylation is 2. The summed E-state index contributed by atoms with van der Waals surface area (Å²) in [5.41, 5.74) is 9.71. The molecule has 0 unspecified atom stereocenters. The van der Waals surface area contributed by atoms with Gasteiger partial charge in [-0.2, -0.15) is 0 Å². The van der Waals surface area contributed by atoms with Crippen LogP contribution in [0, 0.1) is 0 Å². The van der Waals surface area contributed by atoms with Gasteiger partial charge in [-0.3, -0.25) is 19.2 Å². The molecule has 0 aliphatic carbocycles. The number of anilines is 1. The van der Waals surface area contributed by atoms with Crippen molar-refractivity contribution in [2.45, 2.75) is 33.2 Å². The molecule has 7 nitrogen and oxygen atoms in total. The van der Waals surface area contributed by atoms with Crippen LogP contribution in [-0.4, -0.2) is 23.6 Å². The lowest BCUT2D eigenvalue weighted by atomic mass is 10.0. The maximum absolute atomic E-state index is 13.3. The van der Waals surface area contributed by atoms with Crippen LogP contribution in [0.4, 0.5) is 5.69 Å². The van der Waals surface area contributed by atoms with Gasteiger partial charge in [0.1, 0.15) is 0 Å². The third kappa shape index (κ3) is 4.08. The molecule has 3 aromatic carbocycles. The summed E-state index contributed by atoms with van der Waals surface area (Å²) in [5, 5.41) is 2.80. The molecular formula is C27H25N3O4. The fraction of sp³-hybridized carbons (Fsp3) is 0.185. The van der Waals surface area contributed by atoms with Crippen molar-refractivity contribution in [2.24, 2.45) is 5.73 Å². The first-order valence-electron chi connectivity index (χ1n) is 11.2. The van der Waals surface area contributed by atoms with Gasteiger partial charge in [-0.15, -0.1) is 0 Å². The van der Waals surface area contributed by atoms with Crippen LogP contribution in [0.1, 0.15) is 72.0 Å². The monoisotopic (exact) mass is 455 g/mol. The smallest absolute Gasteiger partial charge is 0.266 e. The molecule has 0 fully saturated rings. The van der Waals surface area contributed by atoms with Crippen LogP contribution in [0.5, 0.6) is 0 Å². The Morgan fingerprint density at radius 3 is 2.00 bits per heavy atom. The van der Waals surface area contributed by atoms with Gasteiger partial charge in [-0.05, 0) is 59.9 Å². The van der Waals surface area contributed by atoms with Crippen LogP contribution in [-0.2, 0) is 19.4 Å². The molecule has 1 heterocycles. The Morgan fingerprint density at radius 1 is 0.824 bits per heavy atom. The van der Waals surface area contributed by atoms with Gasteiger partial charge in [0, 0.05) is 17.7 Å². The van der Waals surface area contributed by atoms with Crippen molar-refractivity contribution in [1.29, 1.82) is 0 Å². The number of rotatable bonds is 7. The Balaban J connectivity index is 1.57. The van der Waals surface area contributed by atoms with E-state index in [9.17, 15) is 19.2 Å². The lowest BCUT2D eigenvalue weighted by Crippen LogP contribution is -2.31. The molecule has 0 aromatic heterocycles. The van der Waals surface area contributed by atoms with Crippen molar-refractivity contribution in [3.8, 4) is 0 Å². The van der Waals surface area contributed by atoms with Crippen molar-refractivity contribution in [3.05, 3.63) is 99.6 Å². The second-order valence-corrected chi connectivity index (χ2v) is 8.08. The number of nitrogens with zero attached hydrogens (tertiary/aromatic N) is 1. The molecule has 0 radical (unpaired) electrons. The van der Waals surface area contributed by atoms with Crippen LogP contribution in [0.15, 0.2) is 60.7 Å². The number of hydrogen-bond donors (Lipinski definition) is 2. The maximum Gasteiger partial charge on any atom is 0.266 e. The van der Waals surface area contributed by atoms with Gasteiger partial charge < -0.3 is 11.1 Å². The number of carbonyl (C=O) groups is 4. The largest absolute Gasteiger partial charge is 0.366 e. The lowest BCUT2D eigenvalue weighted by Gasteiger charge is -2.21. The van der Waals surface area contributed by atoms with Gasteiger partial charge >= 0.3 is 0 Å². The lowest BCUT2D eigenvalue weighted by molar-refractivity contribution is 0.0922. The van der Waals surface area contributed by atoms with E-state index in [4.69, 9.17) is 5.73 Å². The number of amides is 4. The van der Waals surface area contributed by atoms with Gasteiger partial charge in [-0.25, -0.2) is 4.90 Å². The summed E-state index contributed by atoms with van der Waals surface area (Å²) in [6.45, 7) is 4.21. The maximum atomic E-state index is 13.3. The van der Waals surface area contributed by atoms with E-state index in [1.54, 1.807) is 30.3 Å². The van der Waals surface area contributed by atoms with Crippen molar-refractivity contribution in [2.75, 3.05) is 4.90 Å². The van der Waals surface area contributed by atoms with Crippen molar-refractivity contribution in [1.82, 2.24) is 5.32 Å². The van der Waals surface area contributed by atoms with Gasteiger partial charge in [0.25, 0.3) is 17.7 Å². The number of fused-ring (bicyclic) bond motifs is 1. The number of nitrogens with two attached hydrogens (primary N) is 1. The number of nitrogens with one attached hydrogen (secondary N) is 1. The normalized spacial score (nSPS) is 12.6. The van der Waals surface area contributed by atoms with E-state index in [0.29, 0.717) is 24.1 Å². The summed E-state index contributed by atoms with van der Waals surface area (Å²) in [4.78, 5) is 51.7. The average Bonchev–Trinajstić information content (AvgIpc) is 3.11. The molecule has 7 heteroatoms. The molecule has 34 heavy (non-hydrogen) atoms. The van der Waals surface area contributed by atoms with Gasteiger partial charge in [0.05, 0.1) is 16.8 Å². The molecule has 3 N–H and O–H groups in total. The van der Waals surface area contributed by atoms with Gasteiger partial charge in [-0.1, -0.05) is 44.2 Å². The Morgan fingerprint density at radius 2 is 1.41 bits per heavy atom. The SMILES string of the molecule is CCc1cccc(CC)c1N1C(=O)c2ccc(C(=O)NCc3ccc(C(N)=O)cc3)cc2C1=O. The minimum Gasteiger partial charge on any atom is -0.366 e. The molecule has 0 bridgehead atoms. The highest BCUT2D eigenvalue weighted by Crippen LogP contribution is 2.34. The summed E-state index contributed by atoms with van der Waals surface area (Å²) in [6, 6.07) is 16.9. The van der Waals surface area contributed by atoms with Crippen LogP contribution < -0.4 is 16.0 Å². The van der Waals surface area contributed by atoms with E-state index in [2.05, 4.69) is 5.32 Å². The highest BCUT2D eigenvalue weighted by molar-refractivity contribution is 6.35. The van der Waals surface area contributed by atoms with Gasteiger partial charge in [0.15, 0.2) is 0 Å². The van der Waals surface area contributed by atoms with Crippen LogP contribution in [0.2, 0.25) is 0 Å². The molecule has 0 saturated carbocycles. The zero-order valence-electron chi connectivity index (χ0n) is 19.1. The Bertz CT molecular complexity index is 1290. The van der Waals surface area contributed by atoms with Crippen molar-refractivity contribution < 1.29 is 19.2 Å². The molecule has 0 saturated heterocycles. The molecule has 1 aliphatic heterocycles. The first-order chi connectivity index (χ1) is 16.3. The zero-order valence-corrected chi connectivity index (χ0v) is 19.1. The highest BCUT2D eigenvalue weighted by atomic mass is 16.2. The van der Waals surface area contributed by atoms with Crippen LogP contribution >= 0.6 is 0 Å². The second-order valence-electron chi connectivity index (χ2n) is 8.08. The molecular weight excluding hydrogens is 430 g/mol. The Labute approximate surface area is 197 Å². The standard InChI is InChI=1S/C27H25N3O4/c1-3-17-6-5-7-18(4-2)23(17)30-26(33)21-13-12-20(14-22(21)27(30)34)25(32)29-15-16-8-10-19(11-9-16)24(28)31/h5-14H,3-4,15H2,1-2H3,(H2,28,31)(H,29,32). The van der Waals surface area contributed by atoms with E-state index in [1.165, 1.54) is 17.0 Å². The number of para-hydroxylation sites is 1. The van der Waals surface area contributed by atoms with E-state index < -0.39 is 11.8 Å². The van der Waals surface area contributed by atoms with Crippen molar-refractivity contribution >= 4 is 29.3 Å². The molecule has 0 spiro atoms. The second kappa shape index (κ2) is 9.31. The average molecular weight is 456 g/mol. The number of imide groups is 1. The number of hydrogen-bond acceptors (Lipinski definition) is 4. The summed E-state index contributed by atoms with van der Waals surface area (Å²) in [6.07, 6.45) is 1.37. The summed E-state index contributed by atoms with van der Waals surface area (Å²) in [7, 11) is 0. The fourth-order valence-corrected chi connectivity index (χ4v) is 4.16. The quantitative estimate of drug-likeness (QED) is 0.530. The number of benzene rings is 3. The van der Waals surface area contributed by atoms with Crippen molar-refractivity contribution in [3.63, 3.8) is 0 Å². The molecule has 172 valence electrons. The third-order valence-corrected chi connectivity index (χ3v) is 6.03. The zero-order chi connectivity index (χ0) is 24.4. The number of carbonyl (C=O) groups excluding carboxylic acids is 4. The minimum atomic E-state index is -0.519. The highest BCUT2D eigenvalue weighted by Gasteiger charge is 2.38. The van der Waals surface area contributed by atoms with Gasteiger partial charge in [0.2, 0.25) is 5.91 Å². The van der Waals surface area contributed by atoms with E-state index >= 15 is 0 Å². The van der Waals surface area contributed by atoms with Crippen LogP contribution in [0.25, 0.3) is 0 Å². The predicted octanol–water partition coefficient (Wildman–Crippen LogP) is 3.64. The summed E-state index contributed by atoms with van der Waals surface area (Å²) in [5.74, 6) is -1.69. The topological polar surface area (TPSA) is 110 Å². The molecule has 4 rings (SSSR count). The van der Waals surface area contributed by atoms with E-state index in [0.717, 1.165) is 16.7 Å². The summed E-state index contributed by atoms with van der Waals surface area (Å²) < 4.78 is 0. The number of primary amides is 1. The molecule has 3 aromatic rings. The third-order valence-electron chi connectivity index (χ3n) is 6.03. The first kappa shape index (κ1) is 22.9. The Kier molecular flexibility index (Phi) is 6.27. The minimum absolute atomic E-state index is 0.219. The predicted molar refractivity (Wildman–Crippen MR) is 129 cm³/mol. The molecule has 0 atom stereocenters. The summed E-state index contributed by atoms with van der Waals surface area (Å²) >= 11 is 0. The molecule has 4 amide bonds. The van der Waals surface area contributed by atoms with Crippen LogP contribution in [0.3, 0.4) is 0 Å². The van der Waals surface area contributed by atoms with E-state index in [-0.39, 0.29) is 35.0 Å². The fourth-order valence-electron chi connectivity index (χ4n) is 4.16. The van der Waals surface area contributed by atoms with E-state index in [1.807, 2.05) is 32.0 Å².